The van der Waals surface area contributed by atoms with E-state index in [-0.39, 0.29) is 11.5 Å². The SMILES string of the molecule is CC(C)(C)c1csc(CC(O)CC2CC3CCC2C3)n1. The topological polar surface area (TPSA) is 33.1 Å². The number of rotatable bonds is 4. The molecule has 112 valence electrons. The highest BCUT2D eigenvalue weighted by molar-refractivity contribution is 7.09. The summed E-state index contributed by atoms with van der Waals surface area (Å²) in [6.45, 7) is 6.58. The summed E-state index contributed by atoms with van der Waals surface area (Å²) in [6.07, 6.45) is 7.19. The fourth-order valence-corrected chi connectivity index (χ4v) is 5.14. The third-order valence-corrected chi connectivity index (χ3v) is 6.06. The molecule has 0 aliphatic heterocycles. The number of aliphatic hydroxyl groups is 1. The minimum Gasteiger partial charge on any atom is -0.393 e. The van der Waals surface area contributed by atoms with Crippen LogP contribution < -0.4 is 0 Å². The molecule has 1 N–H and O–H groups in total. The van der Waals surface area contributed by atoms with Crippen molar-refractivity contribution in [1.29, 1.82) is 0 Å². The number of aromatic nitrogens is 1. The van der Waals surface area contributed by atoms with Gasteiger partial charge < -0.3 is 5.11 Å². The lowest BCUT2D eigenvalue weighted by molar-refractivity contribution is 0.124. The second kappa shape index (κ2) is 5.42. The van der Waals surface area contributed by atoms with Crippen LogP contribution in [0, 0.1) is 17.8 Å². The molecule has 2 aliphatic rings. The first-order valence-corrected chi connectivity index (χ1v) is 8.92. The molecule has 4 unspecified atom stereocenters. The number of nitrogens with zero attached hydrogens (tertiary/aromatic N) is 1. The maximum absolute atomic E-state index is 10.4. The van der Waals surface area contributed by atoms with Crippen molar-refractivity contribution in [2.24, 2.45) is 17.8 Å². The zero-order chi connectivity index (χ0) is 14.3. The van der Waals surface area contributed by atoms with Gasteiger partial charge in [0.05, 0.1) is 16.8 Å². The minimum atomic E-state index is -0.196. The van der Waals surface area contributed by atoms with Crippen LogP contribution in [-0.2, 0) is 11.8 Å². The molecular formula is C17H27NOS. The molecule has 2 bridgehead atoms. The monoisotopic (exact) mass is 293 g/mol. The van der Waals surface area contributed by atoms with Crippen molar-refractivity contribution in [3.05, 3.63) is 16.1 Å². The Hall–Kier alpha value is -0.410. The van der Waals surface area contributed by atoms with E-state index in [1.165, 1.54) is 25.7 Å². The highest BCUT2D eigenvalue weighted by Crippen LogP contribution is 2.50. The second-order valence-corrected chi connectivity index (χ2v) is 8.85. The fraction of sp³-hybridized carbons (Fsp3) is 0.824. The van der Waals surface area contributed by atoms with Crippen molar-refractivity contribution in [2.75, 3.05) is 0 Å². The molecule has 1 heterocycles. The van der Waals surface area contributed by atoms with Crippen LogP contribution in [0.5, 0.6) is 0 Å². The molecule has 3 heteroatoms. The van der Waals surface area contributed by atoms with E-state index in [0.717, 1.165) is 41.3 Å². The predicted molar refractivity (Wildman–Crippen MR) is 84.1 cm³/mol. The molecule has 0 amide bonds. The Bertz CT molecular complexity index is 462. The lowest BCUT2D eigenvalue weighted by atomic mass is 9.84. The summed E-state index contributed by atoms with van der Waals surface area (Å²) in [6, 6.07) is 0. The molecule has 3 rings (SSSR count). The quantitative estimate of drug-likeness (QED) is 0.904. The number of thiazole rings is 1. The van der Waals surface area contributed by atoms with Crippen molar-refractivity contribution in [3.63, 3.8) is 0 Å². The van der Waals surface area contributed by atoms with Crippen LogP contribution in [0.25, 0.3) is 0 Å². The van der Waals surface area contributed by atoms with Gasteiger partial charge in [0.25, 0.3) is 0 Å². The summed E-state index contributed by atoms with van der Waals surface area (Å²) < 4.78 is 0. The van der Waals surface area contributed by atoms with E-state index in [2.05, 4.69) is 26.2 Å². The average Bonchev–Trinajstić information content (AvgIpc) is 3.02. The van der Waals surface area contributed by atoms with Gasteiger partial charge in [0.2, 0.25) is 0 Å². The van der Waals surface area contributed by atoms with Gasteiger partial charge in [-0.05, 0) is 43.4 Å². The summed E-state index contributed by atoms with van der Waals surface area (Å²) >= 11 is 1.71. The lowest BCUT2D eigenvalue weighted by Gasteiger charge is -2.23. The van der Waals surface area contributed by atoms with Crippen LogP contribution in [0.15, 0.2) is 5.38 Å². The zero-order valence-corrected chi connectivity index (χ0v) is 13.7. The normalized spacial score (nSPS) is 30.9. The average molecular weight is 293 g/mol. The Kier molecular flexibility index (Phi) is 3.93. The smallest absolute Gasteiger partial charge is 0.0954 e. The number of fused-ring (bicyclic) bond motifs is 2. The standard InChI is InChI=1S/C17H27NOS/c1-17(2,3)15-10-20-16(18-15)9-14(19)8-13-7-11-4-5-12(13)6-11/h10-14,19H,4-9H2,1-3H3. The molecule has 1 aromatic rings. The van der Waals surface area contributed by atoms with Gasteiger partial charge in [0.15, 0.2) is 0 Å². The molecule has 2 fully saturated rings. The highest BCUT2D eigenvalue weighted by Gasteiger charge is 2.39. The Labute approximate surface area is 126 Å². The van der Waals surface area contributed by atoms with Gasteiger partial charge in [-0.25, -0.2) is 4.98 Å². The number of aliphatic hydroxyl groups excluding tert-OH is 1. The number of hydrogen-bond acceptors (Lipinski definition) is 3. The van der Waals surface area contributed by atoms with E-state index < -0.39 is 0 Å². The van der Waals surface area contributed by atoms with Gasteiger partial charge in [-0.2, -0.15) is 0 Å². The van der Waals surface area contributed by atoms with Gasteiger partial charge in [-0.3, -0.25) is 0 Å². The Morgan fingerprint density at radius 3 is 2.70 bits per heavy atom. The van der Waals surface area contributed by atoms with Crippen LogP contribution in [0.4, 0.5) is 0 Å². The van der Waals surface area contributed by atoms with E-state index >= 15 is 0 Å². The van der Waals surface area contributed by atoms with Crippen molar-refractivity contribution in [2.45, 2.75) is 70.8 Å². The van der Waals surface area contributed by atoms with Gasteiger partial charge >= 0.3 is 0 Å². The second-order valence-electron chi connectivity index (χ2n) is 7.91. The van der Waals surface area contributed by atoms with Crippen molar-refractivity contribution in [1.82, 2.24) is 4.98 Å². The Balaban J connectivity index is 1.54. The summed E-state index contributed by atoms with van der Waals surface area (Å²) in [4.78, 5) is 4.70. The molecule has 1 aromatic heterocycles. The molecule has 4 atom stereocenters. The first-order valence-electron chi connectivity index (χ1n) is 8.05. The van der Waals surface area contributed by atoms with Crippen molar-refractivity contribution < 1.29 is 5.11 Å². The van der Waals surface area contributed by atoms with Crippen LogP contribution in [0.3, 0.4) is 0 Å². The largest absolute Gasteiger partial charge is 0.393 e. The molecule has 2 aliphatic carbocycles. The minimum absolute atomic E-state index is 0.115. The molecule has 0 aromatic carbocycles. The molecule has 0 radical (unpaired) electrons. The maximum Gasteiger partial charge on any atom is 0.0954 e. The van der Waals surface area contributed by atoms with Gasteiger partial charge in [-0.1, -0.05) is 27.2 Å². The molecule has 20 heavy (non-hydrogen) atoms. The van der Waals surface area contributed by atoms with Gasteiger partial charge in [-0.15, -0.1) is 11.3 Å². The zero-order valence-electron chi connectivity index (χ0n) is 12.9. The third-order valence-electron chi connectivity index (χ3n) is 5.19. The Morgan fingerprint density at radius 1 is 1.35 bits per heavy atom. The molecular weight excluding hydrogens is 266 g/mol. The molecule has 0 spiro atoms. The molecule has 2 saturated carbocycles. The maximum atomic E-state index is 10.4. The van der Waals surface area contributed by atoms with E-state index in [4.69, 9.17) is 4.98 Å². The first kappa shape index (κ1) is 14.5. The fourth-order valence-electron chi connectivity index (χ4n) is 4.05. The molecule has 0 saturated heterocycles. The highest BCUT2D eigenvalue weighted by atomic mass is 32.1. The van der Waals surface area contributed by atoms with E-state index in [1.807, 2.05) is 0 Å². The third kappa shape index (κ3) is 3.09. The van der Waals surface area contributed by atoms with E-state index in [1.54, 1.807) is 11.3 Å². The van der Waals surface area contributed by atoms with Gasteiger partial charge in [0.1, 0.15) is 0 Å². The summed E-state index contributed by atoms with van der Waals surface area (Å²) in [5, 5.41) is 13.6. The van der Waals surface area contributed by atoms with E-state index in [0.29, 0.717) is 0 Å². The molecule has 2 nitrogen and oxygen atoms in total. The lowest BCUT2D eigenvalue weighted by Crippen LogP contribution is -2.20. The summed E-state index contributed by atoms with van der Waals surface area (Å²) in [5.74, 6) is 2.67. The first-order chi connectivity index (χ1) is 9.41. The summed E-state index contributed by atoms with van der Waals surface area (Å²) in [5.41, 5.74) is 1.27. The van der Waals surface area contributed by atoms with Crippen LogP contribution in [-0.4, -0.2) is 16.2 Å². The van der Waals surface area contributed by atoms with Crippen LogP contribution >= 0.6 is 11.3 Å². The Morgan fingerprint density at radius 2 is 2.15 bits per heavy atom. The van der Waals surface area contributed by atoms with Crippen LogP contribution in [0.2, 0.25) is 0 Å². The number of hydrogen-bond donors (Lipinski definition) is 1. The van der Waals surface area contributed by atoms with E-state index in [9.17, 15) is 5.11 Å². The predicted octanol–water partition coefficient (Wildman–Crippen LogP) is 4.17. The van der Waals surface area contributed by atoms with Crippen molar-refractivity contribution >= 4 is 11.3 Å². The van der Waals surface area contributed by atoms with Crippen LogP contribution in [0.1, 0.15) is 63.6 Å². The summed E-state index contributed by atoms with van der Waals surface area (Å²) in [7, 11) is 0. The van der Waals surface area contributed by atoms with Crippen molar-refractivity contribution in [3.8, 4) is 0 Å². The van der Waals surface area contributed by atoms with Gasteiger partial charge in [0, 0.05) is 17.2 Å².